The first kappa shape index (κ1) is 24.5. The Kier molecular flexibility index (Phi) is 5.97. The van der Waals surface area contributed by atoms with E-state index in [1.165, 1.54) is 6.07 Å². The molecule has 3 aliphatic heterocycles. The van der Waals surface area contributed by atoms with Crippen molar-refractivity contribution in [3.8, 4) is 22.6 Å². The second-order valence-electron chi connectivity index (χ2n) is 9.47. The Morgan fingerprint density at radius 3 is 2.69 bits per heavy atom. The maximum absolute atomic E-state index is 15.4. The van der Waals surface area contributed by atoms with E-state index in [4.69, 9.17) is 4.52 Å². The van der Waals surface area contributed by atoms with Crippen LogP contribution in [0.15, 0.2) is 46.3 Å². The van der Waals surface area contributed by atoms with E-state index >= 15 is 4.39 Å². The monoisotopic (exact) mass is 531 g/mol. The topological polar surface area (TPSA) is 151 Å². The van der Waals surface area contributed by atoms with Crippen molar-refractivity contribution in [3.05, 3.63) is 59.3 Å². The number of aryl methyl sites for hydroxylation is 1. The summed E-state index contributed by atoms with van der Waals surface area (Å²) in [4.78, 5) is 65.7. The van der Waals surface area contributed by atoms with Crippen LogP contribution in [0.5, 0.6) is 0 Å². The van der Waals surface area contributed by atoms with Gasteiger partial charge in [-0.1, -0.05) is 11.2 Å². The van der Waals surface area contributed by atoms with Gasteiger partial charge in [0.15, 0.2) is 0 Å². The molecule has 2 aromatic heterocycles. The van der Waals surface area contributed by atoms with Crippen molar-refractivity contribution in [2.24, 2.45) is 0 Å². The lowest BCUT2D eigenvalue weighted by Gasteiger charge is -2.29. The van der Waals surface area contributed by atoms with E-state index < -0.39 is 35.5 Å². The zero-order chi connectivity index (χ0) is 27.3. The van der Waals surface area contributed by atoms with Crippen LogP contribution in [0, 0.1) is 12.7 Å². The highest BCUT2D eigenvalue weighted by Crippen LogP contribution is 2.35. The number of benzene rings is 1. The summed E-state index contributed by atoms with van der Waals surface area (Å²) < 4.78 is 20.8. The zero-order valence-corrected chi connectivity index (χ0v) is 20.8. The number of amides is 4. The van der Waals surface area contributed by atoms with Gasteiger partial charge in [0, 0.05) is 30.3 Å². The van der Waals surface area contributed by atoms with Crippen LogP contribution in [-0.2, 0) is 25.7 Å². The molecule has 12 nitrogen and oxygen atoms in total. The maximum atomic E-state index is 15.4. The summed E-state index contributed by atoms with van der Waals surface area (Å²) in [5.74, 6) is -2.13. The normalized spacial score (nSPS) is 19.6. The average molecular weight is 532 g/mol. The summed E-state index contributed by atoms with van der Waals surface area (Å²) in [5.41, 5.74) is 1.30. The molecule has 3 aliphatic rings. The predicted octanol–water partition coefficient (Wildman–Crippen LogP) is 1.67. The van der Waals surface area contributed by atoms with Gasteiger partial charge in [-0.05, 0) is 44.4 Å². The Balaban J connectivity index is 1.24. The van der Waals surface area contributed by atoms with Crippen molar-refractivity contribution in [3.63, 3.8) is 0 Å². The van der Waals surface area contributed by atoms with Crippen molar-refractivity contribution in [1.82, 2.24) is 35.2 Å². The number of nitrogens with one attached hydrogen (secondary N) is 1. The Morgan fingerprint density at radius 1 is 1.08 bits per heavy atom. The first-order valence-electron chi connectivity index (χ1n) is 12.4. The molecule has 1 unspecified atom stereocenters. The predicted molar refractivity (Wildman–Crippen MR) is 130 cm³/mol. The quantitative estimate of drug-likeness (QED) is 0.481. The van der Waals surface area contributed by atoms with Gasteiger partial charge in [0.2, 0.25) is 23.5 Å². The summed E-state index contributed by atoms with van der Waals surface area (Å²) in [6, 6.07) is 5.35. The lowest BCUT2D eigenvalue weighted by molar-refractivity contribution is -0.150. The first-order valence-corrected chi connectivity index (χ1v) is 12.4. The lowest BCUT2D eigenvalue weighted by Crippen LogP contribution is -2.55. The van der Waals surface area contributed by atoms with Crippen LogP contribution in [0.25, 0.3) is 22.6 Å². The van der Waals surface area contributed by atoms with Gasteiger partial charge >= 0.3 is 0 Å². The van der Waals surface area contributed by atoms with Gasteiger partial charge in [-0.2, -0.15) is 4.98 Å². The highest BCUT2D eigenvalue weighted by molar-refractivity contribution is 6.21. The van der Waals surface area contributed by atoms with Crippen LogP contribution >= 0.6 is 0 Å². The second kappa shape index (κ2) is 9.49. The fraction of sp³-hybridized carbons (Fsp3) is 0.308. The Morgan fingerprint density at radius 2 is 1.90 bits per heavy atom. The third-order valence-corrected chi connectivity index (χ3v) is 6.96. The molecule has 6 rings (SSSR count). The fourth-order valence-electron chi connectivity index (χ4n) is 5.16. The fourth-order valence-corrected chi connectivity index (χ4v) is 5.16. The van der Waals surface area contributed by atoms with E-state index in [1.54, 1.807) is 36.2 Å². The molecular weight excluding hydrogens is 509 g/mol. The number of piperidine rings is 1. The number of nitrogens with zero attached hydrogens (tertiary/aromatic N) is 6. The largest absolute Gasteiger partial charge is 0.357 e. The van der Waals surface area contributed by atoms with Gasteiger partial charge in [0.05, 0.1) is 17.8 Å². The van der Waals surface area contributed by atoms with Gasteiger partial charge in [-0.3, -0.25) is 29.4 Å². The number of carbonyl (C=O) groups excluding carboxylic acids is 4. The van der Waals surface area contributed by atoms with E-state index in [1.807, 2.05) is 0 Å². The molecule has 1 aromatic carbocycles. The number of halogens is 1. The van der Waals surface area contributed by atoms with Gasteiger partial charge < -0.3 is 9.42 Å². The zero-order valence-electron chi connectivity index (χ0n) is 20.8. The molecule has 5 heterocycles. The number of imide groups is 2. The number of hydrogen-bond donors (Lipinski definition) is 1. The molecule has 1 atom stereocenters. The number of hydrogen-bond acceptors (Lipinski definition) is 10. The maximum Gasteiger partial charge on any atom is 0.278 e. The molecule has 3 aromatic rings. The van der Waals surface area contributed by atoms with E-state index in [2.05, 4.69) is 25.4 Å². The molecule has 0 bridgehead atoms. The lowest BCUT2D eigenvalue weighted by atomic mass is 10.0. The van der Waals surface area contributed by atoms with Crippen LogP contribution in [0.1, 0.15) is 37.4 Å². The SMILES string of the molecule is Cc1nccc(-c2cccc(-c3noc(CN4CCCC5=C4C(=O)N(C4CCC(=O)NC4=O)C5=O)n3)c2F)n1. The Labute approximate surface area is 220 Å². The summed E-state index contributed by atoms with van der Waals surface area (Å²) in [5, 5.41) is 6.13. The van der Waals surface area contributed by atoms with E-state index in [0.717, 1.165) is 4.90 Å². The van der Waals surface area contributed by atoms with Gasteiger partial charge in [-0.25, -0.2) is 14.4 Å². The van der Waals surface area contributed by atoms with E-state index in [-0.39, 0.29) is 47.9 Å². The summed E-state index contributed by atoms with van der Waals surface area (Å²) in [6.45, 7) is 2.17. The molecule has 0 saturated carbocycles. The molecular formula is C26H22FN7O5. The first-order chi connectivity index (χ1) is 18.8. The third-order valence-electron chi connectivity index (χ3n) is 6.96. The van der Waals surface area contributed by atoms with Gasteiger partial charge in [0.25, 0.3) is 11.8 Å². The van der Waals surface area contributed by atoms with E-state index in [0.29, 0.717) is 36.5 Å². The van der Waals surface area contributed by atoms with E-state index in [9.17, 15) is 19.2 Å². The van der Waals surface area contributed by atoms with Gasteiger partial charge in [0.1, 0.15) is 23.4 Å². The minimum Gasteiger partial charge on any atom is -0.357 e. The van der Waals surface area contributed by atoms with Crippen molar-refractivity contribution in [2.75, 3.05) is 6.54 Å². The summed E-state index contributed by atoms with van der Waals surface area (Å²) in [7, 11) is 0. The van der Waals surface area contributed by atoms with Crippen LogP contribution in [0.4, 0.5) is 4.39 Å². The van der Waals surface area contributed by atoms with Crippen molar-refractivity contribution < 1.29 is 28.1 Å². The molecule has 13 heteroatoms. The average Bonchev–Trinajstić information content (AvgIpc) is 3.47. The number of aromatic nitrogens is 4. The number of rotatable bonds is 5. The molecule has 4 amide bonds. The van der Waals surface area contributed by atoms with Crippen LogP contribution in [0.2, 0.25) is 0 Å². The van der Waals surface area contributed by atoms with Crippen LogP contribution in [-0.4, -0.2) is 66.1 Å². The van der Waals surface area contributed by atoms with Crippen molar-refractivity contribution in [1.29, 1.82) is 0 Å². The standard InChI is InChI=1S/C26H22FN7O5/c1-13-28-10-9-17(29-13)14-4-2-5-15(21(14)27)23-31-20(39-32-23)12-33-11-3-6-16-22(33)26(38)34(25(16)37)18-7-8-19(35)30-24(18)36/h2,4-5,9-10,18H,3,6-8,11-12H2,1H3,(H,30,35,36). The molecule has 0 spiro atoms. The highest BCUT2D eigenvalue weighted by Gasteiger charge is 2.48. The Hall–Kier alpha value is -4.81. The van der Waals surface area contributed by atoms with Crippen molar-refractivity contribution in [2.45, 2.75) is 45.2 Å². The molecule has 0 radical (unpaired) electrons. The van der Waals surface area contributed by atoms with Crippen molar-refractivity contribution >= 4 is 23.6 Å². The van der Waals surface area contributed by atoms with Crippen LogP contribution in [0.3, 0.4) is 0 Å². The molecule has 0 aliphatic carbocycles. The molecule has 1 fully saturated rings. The molecule has 39 heavy (non-hydrogen) atoms. The van der Waals surface area contributed by atoms with Gasteiger partial charge in [-0.15, -0.1) is 0 Å². The minimum absolute atomic E-state index is 0.0143. The second-order valence-corrected chi connectivity index (χ2v) is 9.47. The molecule has 1 N–H and O–H groups in total. The Bertz CT molecular complexity index is 1580. The highest BCUT2D eigenvalue weighted by atomic mass is 19.1. The third kappa shape index (κ3) is 4.25. The summed E-state index contributed by atoms with van der Waals surface area (Å²) >= 11 is 0. The smallest absolute Gasteiger partial charge is 0.278 e. The minimum atomic E-state index is -1.04. The summed E-state index contributed by atoms with van der Waals surface area (Å²) in [6.07, 6.45) is 2.65. The number of carbonyl (C=O) groups is 4. The molecule has 1 saturated heterocycles. The van der Waals surface area contributed by atoms with Crippen LogP contribution < -0.4 is 5.32 Å². The molecule has 198 valence electrons.